The summed E-state index contributed by atoms with van der Waals surface area (Å²) in [5.74, 6) is -0.994. The van der Waals surface area contributed by atoms with Crippen molar-refractivity contribution in [2.24, 2.45) is 0 Å². The van der Waals surface area contributed by atoms with E-state index in [-0.39, 0.29) is 26.4 Å². The number of aliphatic hydroxyl groups is 2. The highest BCUT2D eigenvalue weighted by molar-refractivity contribution is 5.81. The van der Waals surface area contributed by atoms with Crippen LogP contribution in [0.1, 0.15) is 32.6 Å². The standard InChI is InChI=1S/C17H30O8/c1-3-17(21)25-13-16(20)11-23-9-7-5-4-6-8-22-10-15(19)12-24-14(2)18/h3,15-16,19-20H,1,4-13H2,2H3. The largest absolute Gasteiger partial charge is 0.463 e. The van der Waals surface area contributed by atoms with Gasteiger partial charge in [0.25, 0.3) is 0 Å². The van der Waals surface area contributed by atoms with Gasteiger partial charge in [-0.3, -0.25) is 4.79 Å². The summed E-state index contributed by atoms with van der Waals surface area (Å²) in [6.45, 7) is 5.71. The van der Waals surface area contributed by atoms with Crippen molar-refractivity contribution < 1.29 is 38.7 Å². The maximum atomic E-state index is 10.8. The first kappa shape index (κ1) is 23.5. The number of rotatable bonds is 16. The SMILES string of the molecule is C=CC(=O)OCC(O)COCCCCCCOCC(O)COC(C)=O. The highest BCUT2D eigenvalue weighted by atomic mass is 16.6. The molecule has 146 valence electrons. The fraction of sp³-hybridized carbons (Fsp3) is 0.765. The Labute approximate surface area is 148 Å². The fourth-order valence-electron chi connectivity index (χ4n) is 1.75. The van der Waals surface area contributed by atoms with Gasteiger partial charge in [0.1, 0.15) is 25.4 Å². The zero-order valence-corrected chi connectivity index (χ0v) is 14.9. The maximum absolute atomic E-state index is 10.8. The van der Waals surface area contributed by atoms with Gasteiger partial charge in [-0.25, -0.2) is 4.79 Å². The molecule has 0 aliphatic carbocycles. The van der Waals surface area contributed by atoms with Crippen molar-refractivity contribution >= 4 is 11.9 Å². The van der Waals surface area contributed by atoms with E-state index in [4.69, 9.17) is 9.47 Å². The average molecular weight is 362 g/mol. The predicted molar refractivity (Wildman–Crippen MR) is 89.9 cm³/mol. The Morgan fingerprint density at radius 3 is 1.80 bits per heavy atom. The molecule has 8 nitrogen and oxygen atoms in total. The van der Waals surface area contributed by atoms with Gasteiger partial charge in [0.05, 0.1) is 13.2 Å². The van der Waals surface area contributed by atoms with E-state index < -0.39 is 24.1 Å². The molecule has 2 N–H and O–H groups in total. The van der Waals surface area contributed by atoms with Crippen LogP contribution < -0.4 is 0 Å². The molecule has 2 atom stereocenters. The molecule has 0 spiro atoms. The Morgan fingerprint density at radius 2 is 1.36 bits per heavy atom. The Morgan fingerprint density at radius 1 is 0.880 bits per heavy atom. The third-order valence-corrected chi connectivity index (χ3v) is 3.01. The zero-order chi connectivity index (χ0) is 18.9. The number of aliphatic hydroxyl groups excluding tert-OH is 2. The van der Waals surface area contributed by atoms with E-state index in [1.165, 1.54) is 6.92 Å². The quantitative estimate of drug-likeness (QED) is 0.233. The van der Waals surface area contributed by atoms with E-state index >= 15 is 0 Å². The third kappa shape index (κ3) is 17.1. The zero-order valence-electron chi connectivity index (χ0n) is 14.9. The van der Waals surface area contributed by atoms with Gasteiger partial charge >= 0.3 is 11.9 Å². The van der Waals surface area contributed by atoms with Crippen molar-refractivity contribution in [3.8, 4) is 0 Å². The number of unbranched alkanes of at least 4 members (excludes halogenated alkanes) is 3. The highest BCUT2D eigenvalue weighted by Gasteiger charge is 2.07. The van der Waals surface area contributed by atoms with Crippen LogP contribution in [0, 0.1) is 0 Å². The first-order valence-electron chi connectivity index (χ1n) is 8.39. The van der Waals surface area contributed by atoms with Gasteiger partial charge in [0.15, 0.2) is 0 Å². The molecule has 0 aromatic carbocycles. The minimum absolute atomic E-state index is 0.0503. The lowest BCUT2D eigenvalue weighted by molar-refractivity contribution is -0.145. The first-order valence-corrected chi connectivity index (χ1v) is 8.39. The van der Waals surface area contributed by atoms with E-state index in [9.17, 15) is 19.8 Å². The molecule has 0 aromatic heterocycles. The molecule has 25 heavy (non-hydrogen) atoms. The first-order chi connectivity index (χ1) is 12.0. The highest BCUT2D eigenvalue weighted by Crippen LogP contribution is 2.02. The maximum Gasteiger partial charge on any atom is 0.330 e. The summed E-state index contributed by atoms with van der Waals surface area (Å²) in [6, 6.07) is 0. The van der Waals surface area contributed by atoms with Gasteiger partial charge < -0.3 is 29.2 Å². The van der Waals surface area contributed by atoms with Gasteiger partial charge in [-0.1, -0.05) is 19.4 Å². The topological polar surface area (TPSA) is 112 Å². The minimum Gasteiger partial charge on any atom is -0.463 e. The van der Waals surface area contributed by atoms with Crippen LogP contribution in [-0.2, 0) is 28.5 Å². The molecule has 0 saturated heterocycles. The molecule has 0 amide bonds. The molecular weight excluding hydrogens is 332 g/mol. The van der Waals surface area contributed by atoms with Gasteiger partial charge in [-0.05, 0) is 12.8 Å². The molecule has 8 heteroatoms. The Hall–Kier alpha value is -1.48. The molecule has 0 fully saturated rings. The van der Waals surface area contributed by atoms with Crippen molar-refractivity contribution in [3.63, 3.8) is 0 Å². The third-order valence-electron chi connectivity index (χ3n) is 3.01. The normalized spacial score (nSPS) is 13.1. The van der Waals surface area contributed by atoms with Crippen LogP contribution in [0.2, 0.25) is 0 Å². The summed E-state index contributed by atoms with van der Waals surface area (Å²) in [4.78, 5) is 21.4. The average Bonchev–Trinajstić information content (AvgIpc) is 2.59. The number of ether oxygens (including phenoxy) is 4. The second-order valence-corrected chi connectivity index (χ2v) is 5.51. The summed E-state index contributed by atoms with van der Waals surface area (Å²) in [7, 11) is 0. The van der Waals surface area contributed by atoms with E-state index in [1.54, 1.807) is 0 Å². The van der Waals surface area contributed by atoms with Crippen molar-refractivity contribution in [1.29, 1.82) is 0 Å². The summed E-state index contributed by atoms with van der Waals surface area (Å²) in [5, 5.41) is 19.0. The van der Waals surface area contributed by atoms with Gasteiger partial charge in [-0.2, -0.15) is 0 Å². The fourth-order valence-corrected chi connectivity index (χ4v) is 1.75. The molecule has 0 radical (unpaired) electrons. The lowest BCUT2D eigenvalue weighted by Gasteiger charge is -2.11. The van der Waals surface area contributed by atoms with Gasteiger partial charge in [-0.15, -0.1) is 0 Å². The van der Waals surface area contributed by atoms with Crippen molar-refractivity contribution in [2.45, 2.75) is 44.8 Å². The van der Waals surface area contributed by atoms with Crippen LogP contribution >= 0.6 is 0 Å². The lowest BCUT2D eigenvalue weighted by Crippen LogP contribution is -2.23. The van der Waals surface area contributed by atoms with Gasteiger partial charge in [0, 0.05) is 26.2 Å². The molecule has 0 saturated carbocycles. The van der Waals surface area contributed by atoms with E-state index in [2.05, 4.69) is 16.1 Å². The van der Waals surface area contributed by atoms with Crippen LogP contribution in [0.25, 0.3) is 0 Å². The molecule has 0 aliphatic heterocycles. The number of hydrogen-bond acceptors (Lipinski definition) is 8. The van der Waals surface area contributed by atoms with E-state index in [0.29, 0.717) is 13.2 Å². The van der Waals surface area contributed by atoms with Crippen molar-refractivity contribution in [2.75, 3.05) is 39.6 Å². The molecule has 0 heterocycles. The van der Waals surface area contributed by atoms with Crippen LogP contribution in [0.15, 0.2) is 12.7 Å². The molecule has 0 rings (SSSR count). The molecular formula is C17H30O8. The van der Waals surface area contributed by atoms with Crippen molar-refractivity contribution in [1.82, 2.24) is 0 Å². The van der Waals surface area contributed by atoms with E-state index in [1.807, 2.05) is 0 Å². The van der Waals surface area contributed by atoms with Crippen LogP contribution in [0.5, 0.6) is 0 Å². The summed E-state index contributed by atoms with van der Waals surface area (Å²) < 4.78 is 19.9. The van der Waals surface area contributed by atoms with E-state index in [0.717, 1.165) is 31.8 Å². The number of carbonyl (C=O) groups is 2. The Kier molecular flexibility index (Phi) is 15.1. The number of carbonyl (C=O) groups excluding carboxylic acids is 2. The second-order valence-electron chi connectivity index (χ2n) is 5.51. The smallest absolute Gasteiger partial charge is 0.330 e. The van der Waals surface area contributed by atoms with Crippen LogP contribution in [-0.4, -0.2) is 74.0 Å². The molecule has 0 bridgehead atoms. The predicted octanol–water partition coefficient (Wildman–Crippen LogP) is 0.594. The lowest BCUT2D eigenvalue weighted by atomic mass is 10.2. The summed E-state index contributed by atoms with van der Waals surface area (Å²) in [6.07, 6.45) is 3.04. The Bertz CT molecular complexity index is 372. The molecule has 0 aliphatic rings. The molecule has 0 aromatic rings. The number of hydrogen-bond donors (Lipinski definition) is 2. The number of esters is 2. The van der Waals surface area contributed by atoms with Crippen molar-refractivity contribution in [3.05, 3.63) is 12.7 Å². The van der Waals surface area contributed by atoms with Crippen LogP contribution in [0.4, 0.5) is 0 Å². The second kappa shape index (κ2) is 16.0. The summed E-state index contributed by atoms with van der Waals surface area (Å²) in [5.41, 5.74) is 0. The molecule has 2 unspecified atom stereocenters. The van der Waals surface area contributed by atoms with Gasteiger partial charge in [0.2, 0.25) is 0 Å². The van der Waals surface area contributed by atoms with Crippen LogP contribution in [0.3, 0.4) is 0 Å². The Balaban J connectivity index is 3.29. The summed E-state index contributed by atoms with van der Waals surface area (Å²) >= 11 is 0. The monoisotopic (exact) mass is 362 g/mol. The minimum atomic E-state index is -0.837.